The number of benzene rings is 2. The number of anilines is 1. The van der Waals surface area contributed by atoms with Gasteiger partial charge in [-0.05, 0) is 36.8 Å². The third-order valence-corrected chi connectivity index (χ3v) is 3.95. The van der Waals surface area contributed by atoms with Crippen LogP contribution >= 0.6 is 11.8 Å². The number of halogens is 2. The van der Waals surface area contributed by atoms with Crippen LogP contribution in [0.1, 0.15) is 12.0 Å². The molecule has 0 atom stereocenters. The van der Waals surface area contributed by atoms with E-state index in [0.29, 0.717) is 16.3 Å². The Kier molecular flexibility index (Phi) is 5.33. The molecule has 0 unspecified atom stereocenters. The molecule has 0 aromatic heterocycles. The summed E-state index contributed by atoms with van der Waals surface area (Å²) in [5, 5.41) is 2.67. The summed E-state index contributed by atoms with van der Waals surface area (Å²) < 4.78 is 26.5. The molecule has 21 heavy (non-hydrogen) atoms. The van der Waals surface area contributed by atoms with E-state index in [4.69, 9.17) is 0 Å². The lowest BCUT2D eigenvalue weighted by molar-refractivity contribution is -0.115. The first-order chi connectivity index (χ1) is 10.1. The number of amides is 1. The van der Waals surface area contributed by atoms with Crippen molar-refractivity contribution < 1.29 is 13.6 Å². The van der Waals surface area contributed by atoms with Crippen LogP contribution in [0.5, 0.6) is 0 Å². The second-order valence-corrected chi connectivity index (χ2v) is 5.67. The van der Waals surface area contributed by atoms with Crippen LogP contribution in [0.4, 0.5) is 14.5 Å². The third-order valence-electron chi connectivity index (χ3n) is 2.90. The normalized spacial score (nSPS) is 10.4. The van der Waals surface area contributed by atoms with E-state index in [1.807, 2.05) is 0 Å². The van der Waals surface area contributed by atoms with E-state index in [2.05, 4.69) is 5.32 Å². The first-order valence-electron chi connectivity index (χ1n) is 6.49. The predicted molar refractivity (Wildman–Crippen MR) is 81.5 cm³/mol. The van der Waals surface area contributed by atoms with Gasteiger partial charge >= 0.3 is 0 Å². The van der Waals surface area contributed by atoms with Gasteiger partial charge in [-0.1, -0.05) is 18.2 Å². The fourth-order valence-corrected chi connectivity index (χ4v) is 2.65. The maximum Gasteiger partial charge on any atom is 0.225 e. The van der Waals surface area contributed by atoms with Crippen LogP contribution in [0.25, 0.3) is 0 Å². The van der Waals surface area contributed by atoms with Gasteiger partial charge < -0.3 is 5.32 Å². The molecule has 2 aromatic rings. The van der Waals surface area contributed by atoms with Crippen molar-refractivity contribution in [1.29, 1.82) is 0 Å². The van der Waals surface area contributed by atoms with E-state index < -0.39 is 5.82 Å². The quantitative estimate of drug-likeness (QED) is 0.830. The molecular formula is C16H15F2NOS. The summed E-state index contributed by atoms with van der Waals surface area (Å²) in [6.07, 6.45) is 0.231. The van der Waals surface area contributed by atoms with Crippen molar-refractivity contribution >= 4 is 23.4 Å². The van der Waals surface area contributed by atoms with Gasteiger partial charge in [0.25, 0.3) is 0 Å². The zero-order chi connectivity index (χ0) is 15.2. The Morgan fingerprint density at radius 3 is 2.71 bits per heavy atom. The van der Waals surface area contributed by atoms with Gasteiger partial charge in [-0.3, -0.25) is 4.79 Å². The molecule has 0 aliphatic rings. The van der Waals surface area contributed by atoms with E-state index in [1.165, 1.54) is 30.0 Å². The molecule has 0 saturated heterocycles. The van der Waals surface area contributed by atoms with Crippen LogP contribution in [-0.2, 0) is 4.79 Å². The van der Waals surface area contributed by atoms with E-state index >= 15 is 0 Å². The van der Waals surface area contributed by atoms with Crippen molar-refractivity contribution in [3.63, 3.8) is 0 Å². The number of nitrogens with one attached hydrogen (secondary N) is 1. The fraction of sp³-hybridized carbons (Fsp3) is 0.188. The zero-order valence-electron chi connectivity index (χ0n) is 11.5. The Morgan fingerprint density at radius 1 is 1.19 bits per heavy atom. The molecule has 2 nitrogen and oxygen atoms in total. The number of aryl methyl sites for hydroxylation is 1. The lowest BCUT2D eigenvalue weighted by Crippen LogP contribution is -2.13. The highest BCUT2D eigenvalue weighted by atomic mass is 32.2. The van der Waals surface area contributed by atoms with E-state index in [-0.39, 0.29) is 18.1 Å². The minimum atomic E-state index is -0.392. The van der Waals surface area contributed by atoms with Crippen molar-refractivity contribution in [2.75, 3.05) is 11.1 Å². The summed E-state index contributed by atoms with van der Waals surface area (Å²) in [7, 11) is 0. The van der Waals surface area contributed by atoms with Crippen LogP contribution in [0.15, 0.2) is 47.4 Å². The number of hydrogen-bond acceptors (Lipinski definition) is 2. The number of carbonyl (C=O) groups excluding carboxylic acids is 1. The first-order valence-corrected chi connectivity index (χ1v) is 7.48. The van der Waals surface area contributed by atoms with Gasteiger partial charge in [0.1, 0.15) is 11.6 Å². The van der Waals surface area contributed by atoms with Crippen LogP contribution < -0.4 is 5.32 Å². The molecule has 0 radical (unpaired) electrons. The predicted octanol–water partition coefficient (Wildman–Crippen LogP) is 4.39. The van der Waals surface area contributed by atoms with Crippen LogP contribution in [0, 0.1) is 18.6 Å². The summed E-state index contributed by atoms with van der Waals surface area (Å²) >= 11 is 1.28. The van der Waals surface area contributed by atoms with Crippen LogP contribution in [0.3, 0.4) is 0 Å². The number of carbonyl (C=O) groups is 1. The highest BCUT2D eigenvalue weighted by Crippen LogP contribution is 2.22. The minimum absolute atomic E-state index is 0.215. The maximum absolute atomic E-state index is 13.4. The van der Waals surface area contributed by atoms with E-state index in [9.17, 15) is 13.6 Å². The SMILES string of the molecule is Cc1ccc(F)cc1NC(=O)CCSc1ccccc1F. The number of rotatable bonds is 5. The van der Waals surface area contributed by atoms with Crippen LogP contribution in [-0.4, -0.2) is 11.7 Å². The summed E-state index contributed by atoms with van der Waals surface area (Å²) in [6, 6.07) is 10.7. The van der Waals surface area contributed by atoms with Crippen molar-refractivity contribution in [3.8, 4) is 0 Å². The molecule has 0 aliphatic heterocycles. The minimum Gasteiger partial charge on any atom is -0.326 e. The molecular weight excluding hydrogens is 292 g/mol. The second kappa shape index (κ2) is 7.22. The molecule has 1 N–H and O–H groups in total. The number of thioether (sulfide) groups is 1. The summed E-state index contributed by atoms with van der Waals surface area (Å²) in [5.74, 6) is -0.436. The van der Waals surface area contributed by atoms with Crippen molar-refractivity contribution in [1.82, 2.24) is 0 Å². The van der Waals surface area contributed by atoms with Crippen molar-refractivity contribution in [2.24, 2.45) is 0 Å². The molecule has 0 heterocycles. The average Bonchev–Trinajstić information content (AvgIpc) is 2.45. The zero-order valence-corrected chi connectivity index (χ0v) is 12.3. The Labute approximate surface area is 126 Å². The monoisotopic (exact) mass is 307 g/mol. The summed E-state index contributed by atoms with van der Waals surface area (Å²) in [5.41, 5.74) is 1.27. The second-order valence-electron chi connectivity index (χ2n) is 4.54. The summed E-state index contributed by atoms with van der Waals surface area (Å²) in [6.45, 7) is 1.79. The molecule has 0 spiro atoms. The Balaban J connectivity index is 1.85. The molecule has 5 heteroatoms. The standard InChI is InChI=1S/C16H15F2NOS/c1-11-6-7-12(17)10-14(11)19-16(20)8-9-21-15-5-3-2-4-13(15)18/h2-7,10H,8-9H2,1H3,(H,19,20). The first kappa shape index (κ1) is 15.5. The van der Waals surface area contributed by atoms with Gasteiger partial charge in [0, 0.05) is 22.8 Å². The van der Waals surface area contributed by atoms with Gasteiger partial charge in [0.2, 0.25) is 5.91 Å². The molecule has 1 amide bonds. The largest absolute Gasteiger partial charge is 0.326 e. The highest BCUT2D eigenvalue weighted by molar-refractivity contribution is 7.99. The molecule has 0 saturated carbocycles. The lowest BCUT2D eigenvalue weighted by atomic mass is 10.2. The van der Waals surface area contributed by atoms with E-state index in [0.717, 1.165) is 5.56 Å². The van der Waals surface area contributed by atoms with Crippen LogP contribution in [0.2, 0.25) is 0 Å². The highest BCUT2D eigenvalue weighted by Gasteiger charge is 2.07. The van der Waals surface area contributed by atoms with Crippen molar-refractivity contribution in [2.45, 2.75) is 18.2 Å². The topological polar surface area (TPSA) is 29.1 Å². The summed E-state index contributed by atoms with van der Waals surface area (Å²) in [4.78, 5) is 12.3. The van der Waals surface area contributed by atoms with Gasteiger partial charge in [0.15, 0.2) is 0 Å². The third kappa shape index (κ3) is 4.56. The Hall–Kier alpha value is -1.88. The Morgan fingerprint density at radius 2 is 1.95 bits per heavy atom. The maximum atomic E-state index is 13.4. The van der Waals surface area contributed by atoms with Gasteiger partial charge in [-0.2, -0.15) is 0 Å². The van der Waals surface area contributed by atoms with Gasteiger partial charge in [0.05, 0.1) is 0 Å². The lowest BCUT2D eigenvalue weighted by Gasteiger charge is -2.08. The molecule has 110 valence electrons. The molecule has 2 rings (SSSR count). The number of hydrogen-bond donors (Lipinski definition) is 1. The average molecular weight is 307 g/mol. The fourth-order valence-electron chi connectivity index (χ4n) is 1.76. The van der Waals surface area contributed by atoms with Gasteiger partial charge in [-0.25, -0.2) is 8.78 Å². The van der Waals surface area contributed by atoms with E-state index in [1.54, 1.807) is 31.2 Å². The smallest absolute Gasteiger partial charge is 0.225 e. The Bertz CT molecular complexity index is 646. The molecule has 0 bridgehead atoms. The molecule has 2 aromatic carbocycles. The molecule has 0 fully saturated rings. The van der Waals surface area contributed by atoms with Gasteiger partial charge in [-0.15, -0.1) is 11.8 Å². The molecule has 0 aliphatic carbocycles. The van der Waals surface area contributed by atoms with Crippen molar-refractivity contribution in [3.05, 3.63) is 59.7 Å².